The minimum atomic E-state index is -3.06. The number of nitrogens with zero attached hydrogens (tertiary/aromatic N) is 2. The van der Waals surface area contributed by atoms with Crippen LogP contribution < -0.4 is 26.8 Å². The Bertz CT molecular complexity index is 1280. The maximum absolute atomic E-state index is 13.6. The number of aromatic nitrogens is 2. The molecule has 1 saturated heterocycles. The molecule has 2 amide bonds. The van der Waals surface area contributed by atoms with E-state index >= 15 is 0 Å². The van der Waals surface area contributed by atoms with Crippen LogP contribution in [0, 0.1) is 5.82 Å². The first-order chi connectivity index (χ1) is 16.6. The van der Waals surface area contributed by atoms with Gasteiger partial charge < -0.3 is 21.5 Å². The molecule has 6 N–H and O–H groups in total. The molecule has 35 heavy (non-hydrogen) atoms. The highest BCUT2D eigenvalue weighted by atomic mass is 19.3. The van der Waals surface area contributed by atoms with Crippen molar-refractivity contribution < 1.29 is 27.5 Å². The van der Waals surface area contributed by atoms with Gasteiger partial charge in [-0.3, -0.25) is 14.9 Å². The molecule has 2 aromatic carbocycles. The van der Waals surface area contributed by atoms with Crippen LogP contribution in [0.4, 0.5) is 19.0 Å². The number of hydrogen-bond donors (Lipinski definition) is 4. The van der Waals surface area contributed by atoms with Gasteiger partial charge in [0.25, 0.3) is 11.8 Å². The Hall–Kier alpha value is -4.06. The highest BCUT2D eigenvalue weighted by molar-refractivity contribution is 6.03. The van der Waals surface area contributed by atoms with Crippen molar-refractivity contribution in [3.05, 3.63) is 65.0 Å². The molecule has 0 aliphatic carbocycles. The van der Waals surface area contributed by atoms with Gasteiger partial charge in [-0.2, -0.15) is 13.9 Å². The van der Waals surface area contributed by atoms with Crippen LogP contribution in [0.25, 0.3) is 11.3 Å². The quantitative estimate of drug-likeness (QED) is 0.377. The maximum atomic E-state index is 13.6. The van der Waals surface area contributed by atoms with E-state index in [-0.39, 0.29) is 41.5 Å². The molecule has 1 unspecified atom stereocenters. The summed E-state index contributed by atoms with van der Waals surface area (Å²) >= 11 is 0. The van der Waals surface area contributed by atoms with Crippen molar-refractivity contribution in [3.8, 4) is 17.0 Å². The summed E-state index contributed by atoms with van der Waals surface area (Å²) in [5.74, 6) is -1.77. The fourth-order valence-corrected chi connectivity index (χ4v) is 3.97. The molecule has 1 aliphatic heterocycles. The third-order valence-corrected chi connectivity index (χ3v) is 5.71. The molecule has 0 saturated carbocycles. The normalized spacial score (nSPS) is 16.7. The Labute approximate surface area is 198 Å². The highest BCUT2D eigenvalue weighted by Gasteiger charge is 2.41. The summed E-state index contributed by atoms with van der Waals surface area (Å²) in [6.07, 6.45) is -0.523. The Morgan fingerprint density at radius 2 is 1.97 bits per heavy atom. The zero-order valence-electron chi connectivity index (χ0n) is 18.6. The second-order valence-electron chi connectivity index (χ2n) is 8.09. The molecule has 1 atom stereocenters. The van der Waals surface area contributed by atoms with Crippen LogP contribution in [0.2, 0.25) is 0 Å². The number of amides is 2. The Morgan fingerprint density at radius 3 is 2.57 bits per heavy atom. The van der Waals surface area contributed by atoms with Gasteiger partial charge in [-0.1, -0.05) is 24.3 Å². The lowest BCUT2D eigenvalue weighted by Crippen LogP contribution is -2.28. The monoisotopic (exact) mass is 488 g/mol. The molecule has 1 fully saturated rings. The summed E-state index contributed by atoms with van der Waals surface area (Å²) in [6.45, 7) is 0.0616. The van der Waals surface area contributed by atoms with Gasteiger partial charge in [0.2, 0.25) is 0 Å². The fraction of sp³-hybridized carbons (Fsp3) is 0.261. The van der Waals surface area contributed by atoms with E-state index in [9.17, 15) is 22.8 Å². The number of anilines is 1. The molecule has 184 valence electrons. The van der Waals surface area contributed by atoms with Gasteiger partial charge >= 0.3 is 6.05 Å². The van der Waals surface area contributed by atoms with Crippen molar-refractivity contribution in [2.24, 2.45) is 5.73 Å². The predicted octanol–water partition coefficient (Wildman–Crippen LogP) is 2.44. The molecule has 1 aliphatic rings. The van der Waals surface area contributed by atoms with Crippen LogP contribution in [0.1, 0.15) is 38.7 Å². The number of nitrogens with one attached hydrogen (secondary N) is 2. The molecule has 2 heterocycles. The lowest BCUT2D eigenvalue weighted by Gasteiger charge is -2.11. The Kier molecular flexibility index (Phi) is 6.39. The number of carbonyl (C=O) groups is 2. The van der Waals surface area contributed by atoms with Gasteiger partial charge in [-0.25, -0.2) is 9.07 Å². The van der Waals surface area contributed by atoms with Gasteiger partial charge in [0.1, 0.15) is 28.6 Å². The van der Waals surface area contributed by atoms with E-state index in [1.54, 1.807) is 24.3 Å². The van der Waals surface area contributed by atoms with Crippen LogP contribution in [0.5, 0.6) is 5.75 Å². The van der Waals surface area contributed by atoms with E-state index in [0.29, 0.717) is 11.1 Å². The number of nitrogen functional groups attached to an aromatic ring is 1. The average Bonchev–Trinajstić information content (AvgIpc) is 3.36. The number of rotatable bonds is 7. The summed E-state index contributed by atoms with van der Waals surface area (Å²) in [5, 5.41) is 9.10. The van der Waals surface area contributed by atoms with Gasteiger partial charge in [0, 0.05) is 25.1 Å². The van der Waals surface area contributed by atoms with E-state index in [2.05, 4.69) is 15.7 Å². The van der Waals surface area contributed by atoms with Crippen LogP contribution in [-0.4, -0.2) is 41.3 Å². The van der Waals surface area contributed by atoms with Gasteiger partial charge in [-0.15, -0.1) is 0 Å². The molecule has 0 radical (unpaired) electrons. The van der Waals surface area contributed by atoms with E-state index in [1.165, 1.54) is 23.9 Å². The lowest BCUT2D eigenvalue weighted by atomic mass is 10.0. The summed E-state index contributed by atoms with van der Waals surface area (Å²) in [5.41, 5.74) is 12.9. The molecular weight excluding hydrogens is 465 g/mol. The highest BCUT2D eigenvalue weighted by Crippen LogP contribution is 2.35. The largest absolute Gasteiger partial charge is 0.496 e. The summed E-state index contributed by atoms with van der Waals surface area (Å²) in [4.78, 5) is 24.5. The summed E-state index contributed by atoms with van der Waals surface area (Å²) < 4.78 is 47.1. The maximum Gasteiger partial charge on any atom is 0.304 e. The zero-order chi connectivity index (χ0) is 25.3. The second kappa shape index (κ2) is 9.29. The van der Waals surface area contributed by atoms with Crippen molar-refractivity contribution in [3.63, 3.8) is 0 Å². The van der Waals surface area contributed by atoms with E-state index in [1.807, 2.05) is 0 Å². The molecule has 4 rings (SSSR count). The Morgan fingerprint density at radius 1 is 1.26 bits per heavy atom. The smallest absolute Gasteiger partial charge is 0.304 e. The van der Waals surface area contributed by atoms with Crippen molar-refractivity contribution in [1.29, 1.82) is 0 Å². The molecule has 9 nitrogen and oxygen atoms in total. The van der Waals surface area contributed by atoms with Crippen molar-refractivity contribution in [2.45, 2.75) is 25.1 Å². The van der Waals surface area contributed by atoms with Crippen molar-refractivity contribution in [1.82, 2.24) is 20.4 Å². The van der Waals surface area contributed by atoms with Crippen LogP contribution in [-0.2, 0) is 6.54 Å². The lowest BCUT2D eigenvalue weighted by molar-refractivity contribution is -0.0176. The number of hydrogen-bond acceptors (Lipinski definition) is 6. The van der Waals surface area contributed by atoms with Gasteiger partial charge in [0.15, 0.2) is 0 Å². The molecule has 12 heteroatoms. The molecular formula is C23H23F3N6O3. The number of methoxy groups -OCH3 is 1. The summed E-state index contributed by atoms with van der Waals surface area (Å²) in [7, 11) is 1.38. The number of benzene rings is 2. The SMILES string of the molecule is COc1ccc(F)cc1C(=O)NCc1ccc(-c2nn(C3CNC(F)(F)C3)c(N)c2C(N)=O)cc1. The minimum Gasteiger partial charge on any atom is -0.496 e. The summed E-state index contributed by atoms with van der Waals surface area (Å²) in [6, 6.07) is 6.49. The van der Waals surface area contributed by atoms with E-state index in [4.69, 9.17) is 16.2 Å². The topological polar surface area (TPSA) is 137 Å². The first kappa shape index (κ1) is 24.1. The minimum absolute atomic E-state index is 0.0560. The van der Waals surface area contributed by atoms with Crippen molar-refractivity contribution in [2.75, 3.05) is 19.4 Å². The molecule has 0 bridgehead atoms. The van der Waals surface area contributed by atoms with Crippen LogP contribution in [0.15, 0.2) is 42.5 Å². The molecule has 0 spiro atoms. The number of primary amides is 1. The molecule has 1 aromatic heterocycles. The van der Waals surface area contributed by atoms with Gasteiger partial charge in [-0.05, 0) is 23.8 Å². The van der Waals surface area contributed by atoms with E-state index < -0.39 is 36.1 Å². The number of carbonyl (C=O) groups excluding carboxylic acids is 2. The number of alkyl halides is 2. The van der Waals surface area contributed by atoms with E-state index in [0.717, 1.165) is 6.07 Å². The standard InChI is InChI=1S/C23H23F3N6O3/c1-35-17-7-6-14(24)8-16(17)22(34)29-10-12-2-4-13(5-3-12)19-18(21(28)33)20(27)32(31-19)15-9-23(25,26)30-11-15/h2-8,15,30H,9-11,27H2,1H3,(H2,28,33)(H,29,34). The Balaban J connectivity index is 1.53. The third kappa shape index (κ3) is 4.92. The predicted molar refractivity (Wildman–Crippen MR) is 121 cm³/mol. The number of ether oxygens (including phenoxy) is 1. The first-order valence-corrected chi connectivity index (χ1v) is 10.6. The third-order valence-electron chi connectivity index (χ3n) is 5.71. The van der Waals surface area contributed by atoms with Crippen LogP contribution in [0.3, 0.4) is 0 Å². The second-order valence-corrected chi connectivity index (χ2v) is 8.09. The average molecular weight is 488 g/mol. The number of nitrogens with two attached hydrogens (primary N) is 2. The molecule has 3 aromatic rings. The van der Waals surface area contributed by atoms with Gasteiger partial charge in [0.05, 0.1) is 18.7 Å². The van der Waals surface area contributed by atoms with Crippen LogP contribution >= 0.6 is 0 Å². The fourth-order valence-electron chi connectivity index (χ4n) is 3.97. The van der Waals surface area contributed by atoms with Crippen molar-refractivity contribution >= 4 is 17.6 Å². The zero-order valence-corrected chi connectivity index (χ0v) is 18.6. The first-order valence-electron chi connectivity index (χ1n) is 10.6. The number of halogens is 3.